The van der Waals surface area contributed by atoms with Gasteiger partial charge in [0, 0.05) is 16.1 Å². The molecule has 5 rings (SSSR count). The van der Waals surface area contributed by atoms with E-state index in [-0.39, 0.29) is 11.9 Å². The van der Waals surface area contributed by atoms with Gasteiger partial charge in [0.15, 0.2) is 0 Å². The number of carbonyl (C=O) groups is 1. The van der Waals surface area contributed by atoms with E-state index in [0.717, 1.165) is 17.3 Å². The summed E-state index contributed by atoms with van der Waals surface area (Å²) < 4.78 is 14.5. The minimum Gasteiger partial charge on any atom is -0.271 e. The highest BCUT2D eigenvalue weighted by Crippen LogP contribution is 2.36. The van der Waals surface area contributed by atoms with Crippen LogP contribution in [0.25, 0.3) is 10.8 Å². The van der Waals surface area contributed by atoms with Crippen molar-refractivity contribution in [2.24, 2.45) is 5.10 Å². The number of benzene rings is 3. The smallest absolute Gasteiger partial charge is 0.258 e. The number of nitrogens with zero attached hydrogens (tertiary/aromatic N) is 1. The van der Waals surface area contributed by atoms with Crippen LogP contribution in [0.15, 0.2) is 58.1 Å². The van der Waals surface area contributed by atoms with Crippen molar-refractivity contribution in [3.05, 3.63) is 81.1 Å². The highest BCUT2D eigenvalue weighted by atomic mass is 79.9. The van der Waals surface area contributed by atoms with Gasteiger partial charge in [-0.1, -0.05) is 46.3 Å². The quantitative estimate of drug-likeness (QED) is 0.403. The molecule has 1 aliphatic carbocycles. The highest BCUT2D eigenvalue weighted by molar-refractivity contribution is 9.10. The van der Waals surface area contributed by atoms with Gasteiger partial charge in [-0.15, -0.1) is 0 Å². The Labute approximate surface area is 181 Å². The van der Waals surface area contributed by atoms with Crippen molar-refractivity contribution in [1.82, 2.24) is 16.3 Å². The van der Waals surface area contributed by atoms with E-state index < -0.39 is 11.9 Å². The Bertz CT molecular complexity index is 1170. The lowest BCUT2D eigenvalue weighted by Gasteiger charge is -2.14. The van der Waals surface area contributed by atoms with Gasteiger partial charge in [-0.25, -0.2) is 20.7 Å². The number of hydrogen-bond donors (Lipinski definition) is 3. The lowest BCUT2D eigenvalue weighted by Crippen LogP contribution is -2.41. The van der Waals surface area contributed by atoms with Crippen LogP contribution in [0.1, 0.15) is 34.7 Å². The first-order valence-electron chi connectivity index (χ1n) is 9.92. The first-order chi connectivity index (χ1) is 14.6. The molecule has 2 unspecified atom stereocenters. The SMILES string of the molecule is O=C(N/N=C/c1cc(Br)ccc1F)C1CC(c2ccc3c4c(cccc24)CC3)NN1. The number of carbonyl (C=O) groups excluding carboxylic acids is 1. The summed E-state index contributed by atoms with van der Waals surface area (Å²) in [7, 11) is 0. The maximum atomic E-state index is 13.8. The molecule has 1 saturated heterocycles. The minimum atomic E-state index is -0.428. The van der Waals surface area contributed by atoms with Crippen LogP contribution in [-0.2, 0) is 17.6 Å². The van der Waals surface area contributed by atoms with Crippen molar-refractivity contribution >= 4 is 38.8 Å². The molecule has 3 N–H and O–H groups in total. The van der Waals surface area contributed by atoms with E-state index in [0.29, 0.717) is 12.0 Å². The number of aryl methyl sites for hydroxylation is 2. The van der Waals surface area contributed by atoms with Crippen LogP contribution in [0.2, 0.25) is 0 Å². The molecule has 0 saturated carbocycles. The summed E-state index contributed by atoms with van der Waals surface area (Å²) >= 11 is 3.30. The second-order valence-corrected chi connectivity index (χ2v) is 8.60. The number of rotatable bonds is 4. The van der Waals surface area contributed by atoms with Crippen LogP contribution >= 0.6 is 15.9 Å². The number of amides is 1. The Kier molecular flexibility index (Phi) is 5.10. The molecule has 3 aromatic carbocycles. The molecule has 2 aliphatic rings. The third-order valence-corrected chi connectivity index (χ3v) is 6.34. The van der Waals surface area contributed by atoms with E-state index in [9.17, 15) is 9.18 Å². The Balaban J connectivity index is 1.28. The van der Waals surface area contributed by atoms with E-state index in [1.165, 1.54) is 39.7 Å². The van der Waals surface area contributed by atoms with Crippen LogP contribution in [0.5, 0.6) is 0 Å². The molecule has 1 fully saturated rings. The fraction of sp³-hybridized carbons (Fsp3) is 0.217. The van der Waals surface area contributed by atoms with Gasteiger partial charge in [0.2, 0.25) is 0 Å². The first kappa shape index (κ1) is 19.4. The summed E-state index contributed by atoms with van der Waals surface area (Å²) in [5.74, 6) is -0.661. The van der Waals surface area contributed by atoms with Gasteiger partial charge >= 0.3 is 0 Å². The van der Waals surface area contributed by atoms with E-state index >= 15 is 0 Å². The van der Waals surface area contributed by atoms with Crippen molar-refractivity contribution < 1.29 is 9.18 Å². The fourth-order valence-corrected chi connectivity index (χ4v) is 4.74. The molecule has 0 aromatic heterocycles. The molecule has 5 nitrogen and oxygen atoms in total. The molecule has 152 valence electrons. The fourth-order valence-electron chi connectivity index (χ4n) is 4.36. The molecular formula is C23H20BrFN4O. The average molecular weight is 467 g/mol. The second kappa shape index (κ2) is 7.91. The van der Waals surface area contributed by atoms with Crippen molar-refractivity contribution in [3.63, 3.8) is 0 Å². The van der Waals surface area contributed by atoms with Crippen molar-refractivity contribution in [2.75, 3.05) is 0 Å². The molecule has 30 heavy (non-hydrogen) atoms. The molecule has 2 atom stereocenters. The van der Waals surface area contributed by atoms with Crippen molar-refractivity contribution in [2.45, 2.75) is 31.3 Å². The minimum absolute atomic E-state index is 0.0251. The molecule has 0 radical (unpaired) electrons. The predicted octanol–water partition coefficient (Wildman–Crippen LogP) is 3.90. The Morgan fingerprint density at radius 2 is 1.97 bits per heavy atom. The van der Waals surface area contributed by atoms with Gasteiger partial charge in [-0.3, -0.25) is 4.79 Å². The van der Waals surface area contributed by atoms with Crippen LogP contribution in [0.4, 0.5) is 4.39 Å². The monoisotopic (exact) mass is 466 g/mol. The molecular weight excluding hydrogens is 447 g/mol. The zero-order chi connectivity index (χ0) is 20.7. The first-order valence-corrected chi connectivity index (χ1v) is 10.7. The van der Waals surface area contributed by atoms with Crippen molar-refractivity contribution in [1.29, 1.82) is 0 Å². The third kappa shape index (κ3) is 3.53. The Morgan fingerprint density at radius 3 is 2.83 bits per heavy atom. The van der Waals surface area contributed by atoms with Gasteiger partial charge in [0.05, 0.1) is 6.21 Å². The van der Waals surface area contributed by atoms with E-state index in [2.05, 4.69) is 67.6 Å². The van der Waals surface area contributed by atoms with Crippen LogP contribution in [0.3, 0.4) is 0 Å². The largest absolute Gasteiger partial charge is 0.271 e. The molecule has 1 amide bonds. The number of hydrazine groups is 1. The summed E-state index contributed by atoms with van der Waals surface area (Å²) in [4.78, 5) is 12.5. The van der Waals surface area contributed by atoms with Gasteiger partial charge in [-0.05, 0) is 64.9 Å². The van der Waals surface area contributed by atoms with Crippen LogP contribution < -0.4 is 16.3 Å². The van der Waals surface area contributed by atoms with Gasteiger partial charge in [0.1, 0.15) is 11.9 Å². The van der Waals surface area contributed by atoms with Gasteiger partial charge in [-0.2, -0.15) is 5.10 Å². The Morgan fingerprint density at radius 1 is 1.13 bits per heavy atom. The summed E-state index contributed by atoms with van der Waals surface area (Å²) in [6.45, 7) is 0. The molecule has 0 spiro atoms. The average Bonchev–Trinajstić information content (AvgIpc) is 3.40. The Hall–Kier alpha value is -2.61. The normalized spacial score (nSPS) is 20.3. The number of halogens is 2. The number of nitrogens with one attached hydrogen (secondary N) is 3. The lowest BCUT2D eigenvalue weighted by molar-refractivity contribution is -0.122. The summed E-state index contributed by atoms with van der Waals surface area (Å²) in [6, 6.07) is 15.0. The standard InChI is InChI=1S/C23H20BrFN4O/c24-16-7-9-19(25)15(10-16)12-26-29-23(30)21-11-20(27-28-21)17-8-6-14-5-4-13-2-1-3-18(17)22(13)14/h1-3,6-10,12,20-21,27-28H,4-5,11H2,(H,29,30)/b26-12+. The maximum Gasteiger partial charge on any atom is 0.258 e. The summed E-state index contributed by atoms with van der Waals surface area (Å²) in [5, 5.41) is 6.54. The summed E-state index contributed by atoms with van der Waals surface area (Å²) in [5.41, 5.74) is 13.1. The van der Waals surface area contributed by atoms with Crippen LogP contribution in [0, 0.1) is 5.82 Å². The number of hydrogen-bond acceptors (Lipinski definition) is 4. The molecule has 1 aliphatic heterocycles. The molecule has 7 heteroatoms. The molecule has 3 aromatic rings. The van der Waals surface area contributed by atoms with Gasteiger partial charge in [0.25, 0.3) is 5.91 Å². The zero-order valence-electron chi connectivity index (χ0n) is 16.1. The third-order valence-electron chi connectivity index (χ3n) is 5.84. The predicted molar refractivity (Wildman–Crippen MR) is 119 cm³/mol. The van der Waals surface area contributed by atoms with E-state index in [1.54, 1.807) is 12.1 Å². The molecule has 0 bridgehead atoms. The number of hydrazone groups is 1. The molecule has 1 heterocycles. The van der Waals surface area contributed by atoms with E-state index in [1.807, 2.05) is 0 Å². The topological polar surface area (TPSA) is 65.5 Å². The maximum absolute atomic E-state index is 13.8. The van der Waals surface area contributed by atoms with Gasteiger partial charge < -0.3 is 0 Å². The van der Waals surface area contributed by atoms with Crippen LogP contribution in [-0.4, -0.2) is 18.2 Å². The lowest BCUT2D eigenvalue weighted by atomic mass is 9.93. The van der Waals surface area contributed by atoms with E-state index in [4.69, 9.17) is 0 Å². The zero-order valence-corrected chi connectivity index (χ0v) is 17.7. The second-order valence-electron chi connectivity index (χ2n) is 7.68. The van der Waals surface area contributed by atoms with Crippen molar-refractivity contribution in [3.8, 4) is 0 Å². The summed E-state index contributed by atoms with van der Waals surface area (Å²) in [6.07, 6.45) is 4.09. The highest BCUT2D eigenvalue weighted by Gasteiger charge is 2.31.